The van der Waals surface area contributed by atoms with Crippen molar-refractivity contribution in [2.24, 2.45) is 5.41 Å². The number of hydrogen-bond donors (Lipinski definition) is 0. The van der Waals surface area contributed by atoms with Crippen molar-refractivity contribution in [3.8, 4) is 6.07 Å². The summed E-state index contributed by atoms with van der Waals surface area (Å²) in [5.74, 6) is -1.86. The number of likely N-dealkylation sites (tertiary alicyclic amines) is 1. The number of halogens is 1. The van der Waals surface area contributed by atoms with Crippen LogP contribution in [-0.2, 0) is 4.79 Å². The third-order valence-corrected chi connectivity index (χ3v) is 6.56. The van der Waals surface area contributed by atoms with Crippen LogP contribution in [0.3, 0.4) is 0 Å². The van der Waals surface area contributed by atoms with E-state index in [1.54, 1.807) is 55.1 Å². The molecule has 0 unspecified atom stereocenters. The molecule has 2 aromatic carbocycles. The second-order valence-corrected chi connectivity index (χ2v) is 8.94. The summed E-state index contributed by atoms with van der Waals surface area (Å²) in [4.78, 5) is 42.2. The molecule has 0 radical (unpaired) electrons. The Morgan fingerprint density at radius 1 is 1.09 bits per heavy atom. The van der Waals surface area contributed by atoms with Gasteiger partial charge in [-0.2, -0.15) is 5.26 Å². The van der Waals surface area contributed by atoms with Gasteiger partial charge in [0.25, 0.3) is 11.8 Å². The van der Waals surface area contributed by atoms with Gasteiger partial charge in [0.1, 0.15) is 11.9 Å². The highest BCUT2D eigenvalue weighted by Crippen LogP contribution is 2.44. The van der Waals surface area contributed by atoms with Crippen LogP contribution in [0.5, 0.6) is 0 Å². The van der Waals surface area contributed by atoms with E-state index in [2.05, 4.69) is 6.07 Å². The van der Waals surface area contributed by atoms with Crippen molar-refractivity contribution < 1.29 is 18.8 Å². The molecule has 2 aromatic rings. The zero-order valence-corrected chi connectivity index (χ0v) is 18.2. The van der Waals surface area contributed by atoms with Gasteiger partial charge >= 0.3 is 0 Å². The molecule has 0 bridgehead atoms. The maximum absolute atomic E-state index is 14.0. The molecule has 2 aliphatic rings. The molecule has 7 heteroatoms. The average molecular weight is 433 g/mol. The molecule has 1 saturated heterocycles. The van der Waals surface area contributed by atoms with Gasteiger partial charge in [-0.25, -0.2) is 4.39 Å². The highest BCUT2D eigenvalue weighted by Gasteiger charge is 2.49. The number of carbonyl (C=O) groups is 3. The van der Waals surface area contributed by atoms with Crippen molar-refractivity contribution in [3.05, 3.63) is 71.0 Å². The van der Waals surface area contributed by atoms with E-state index in [1.165, 1.54) is 19.1 Å². The highest BCUT2D eigenvalue weighted by atomic mass is 19.1. The van der Waals surface area contributed by atoms with Crippen LogP contribution in [0.4, 0.5) is 4.39 Å². The SMILES string of the molecule is C[C@H](C(=O)N1[C@H](c2cccc(F)c2)CC[C@@H]1C(C)(C)C#N)N1C(=O)c2ccccc2C1=O. The highest BCUT2D eigenvalue weighted by molar-refractivity contribution is 6.22. The van der Waals surface area contributed by atoms with Crippen LogP contribution >= 0.6 is 0 Å². The van der Waals surface area contributed by atoms with Crippen LogP contribution < -0.4 is 0 Å². The van der Waals surface area contributed by atoms with Crippen LogP contribution in [0.15, 0.2) is 48.5 Å². The lowest BCUT2D eigenvalue weighted by Gasteiger charge is -2.39. The number of nitrogens with zero attached hydrogens (tertiary/aromatic N) is 3. The standard InChI is InChI=1S/C25H24FN3O3/c1-15(28-23(31)18-9-4-5-10-19(18)24(28)32)22(30)29-20(16-7-6-8-17(26)13-16)11-12-21(29)25(2,3)14-27/h4-10,13,15,20-21H,11-12H2,1-3H3/t15-,20+,21-/m1/s1. The topological polar surface area (TPSA) is 81.5 Å². The minimum absolute atomic E-state index is 0.272. The summed E-state index contributed by atoms with van der Waals surface area (Å²) in [7, 11) is 0. The molecule has 1 fully saturated rings. The summed E-state index contributed by atoms with van der Waals surface area (Å²) in [6.07, 6.45) is 1.11. The summed E-state index contributed by atoms with van der Waals surface area (Å²) < 4.78 is 14.0. The van der Waals surface area contributed by atoms with E-state index in [0.29, 0.717) is 18.4 Å². The number of carbonyl (C=O) groups excluding carboxylic acids is 3. The van der Waals surface area contributed by atoms with E-state index in [-0.39, 0.29) is 11.1 Å². The molecule has 3 atom stereocenters. The summed E-state index contributed by atoms with van der Waals surface area (Å²) in [6, 6.07) is 12.9. The van der Waals surface area contributed by atoms with Gasteiger partial charge in [-0.1, -0.05) is 24.3 Å². The van der Waals surface area contributed by atoms with Crippen molar-refractivity contribution in [2.45, 2.75) is 51.7 Å². The Morgan fingerprint density at radius 3 is 2.28 bits per heavy atom. The van der Waals surface area contributed by atoms with Crippen LogP contribution in [0, 0.1) is 22.6 Å². The first-order chi connectivity index (χ1) is 15.2. The number of benzene rings is 2. The van der Waals surface area contributed by atoms with E-state index in [0.717, 1.165) is 4.90 Å². The lowest BCUT2D eigenvalue weighted by molar-refractivity contribution is -0.139. The lowest BCUT2D eigenvalue weighted by Crippen LogP contribution is -2.53. The molecular formula is C25H24FN3O3. The number of amides is 3. The summed E-state index contributed by atoms with van der Waals surface area (Å²) >= 11 is 0. The fraction of sp³-hybridized carbons (Fsp3) is 0.360. The Kier molecular flexibility index (Phi) is 5.33. The molecule has 0 saturated carbocycles. The zero-order valence-electron chi connectivity index (χ0n) is 18.2. The maximum Gasteiger partial charge on any atom is 0.262 e. The molecule has 2 heterocycles. The van der Waals surface area contributed by atoms with E-state index in [1.807, 2.05) is 0 Å². The smallest absolute Gasteiger partial charge is 0.262 e. The second kappa shape index (κ2) is 7.86. The molecule has 3 amide bonds. The van der Waals surface area contributed by atoms with Crippen LogP contribution in [0.1, 0.15) is 65.9 Å². The minimum atomic E-state index is -1.06. The Hall–Kier alpha value is -3.53. The fourth-order valence-electron chi connectivity index (χ4n) is 4.83. The Bertz CT molecular complexity index is 1120. The Balaban J connectivity index is 1.72. The van der Waals surface area contributed by atoms with Crippen molar-refractivity contribution in [3.63, 3.8) is 0 Å². The van der Waals surface area contributed by atoms with Gasteiger partial charge in [-0.05, 0) is 63.4 Å². The van der Waals surface area contributed by atoms with Gasteiger partial charge in [-0.15, -0.1) is 0 Å². The van der Waals surface area contributed by atoms with Crippen LogP contribution in [-0.4, -0.2) is 39.6 Å². The van der Waals surface area contributed by atoms with Gasteiger partial charge in [0, 0.05) is 0 Å². The number of hydrogen-bond acceptors (Lipinski definition) is 4. The monoisotopic (exact) mass is 433 g/mol. The molecular weight excluding hydrogens is 409 g/mol. The van der Waals surface area contributed by atoms with Gasteiger partial charge in [0.05, 0.1) is 34.7 Å². The first-order valence-electron chi connectivity index (χ1n) is 10.6. The molecule has 0 aliphatic carbocycles. The van der Waals surface area contributed by atoms with E-state index in [4.69, 9.17) is 0 Å². The summed E-state index contributed by atoms with van der Waals surface area (Å²) in [6.45, 7) is 5.05. The van der Waals surface area contributed by atoms with Crippen LogP contribution in [0.2, 0.25) is 0 Å². The minimum Gasteiger partial charge on any atom is -0.329 e. The normalized spacial score (nSPS) is 21.5. The lowest BCUT2D eigenvalue weighted by atomic mass is 9.84. The maximum atomic E-state index is 14.0. The molecule has 2 aliphatic heterocycles. The summed E-state index contributed by atoms with van der Waals surface area (Å²) in [5, 5.41) is 9.74. The molecule has 4 rings (SSSR count). The molecule has 0 spiro atoms. The van der Waals surface area contributed by atoms with Crippen molar-refractivity contribution in [1.82, 2.24) is 9.80 Å². The van der Waals surface area contributed by atoms with Gasteiger partial charge in [0.2, 0.25) is 5.91 Å². The quantitative estimate of drug-likeness (QED) is 0.680. The van der Waals surface area contributed by atoms with Gasteiger partial charge in [-0.3, -0.25) is 19.3 Å². The largest absolute Gasteiger partial charge is 0.329 e. The van der Waals surface area contributed by atoms with Crippen molar-refractivity contribution in [1.29, 1.82) is 5.26 Å². The van der Waals surface area contributed by atoms with Crippen LogP contribution in [0.25, 0.3) is 0 Å². The van der Waals surface area contributed by atoms with E-state index < -0.39 is 47.1 Å². The van der Waals surface area contributed by atoms with E-state index >= 15 is 0 Å². The summed E-state index contributed by atoms with van der Waals surface area (Å²) in [5.41, 5.74) is 0.312. The van der Waals surface area contributed by atoms with Gasteiger partial charge < -0.3 is 4.90 Å². The molecule has 6 nitrogen and oxygen atoms in total. The third-order valence-electron chi connectivity index (χ3n) is 6.56. The molecule has 164 valence electrons. The van der Waals surface area contributed by atoms with Gasteiger partial charge in [0.15, 0.2) is 0 Å². The predicted molar refractivity (Wildman–Crippen MR) is 115 cm³/mol. The number of fused-ring (bicyclic) bond motifs is 1. The predicted octanol–water partition coefficient (Wildman–Crippen LogP) is 4.09. The first kappa shape index (κ1) is 21.7. The third kappa shape index (κ3) is 3.36. The second-order valence-electron chi connectivity index (χ2n) is 8.94. The molecule has 0 aromatic heterocycles. The first-order valence-corrected chi connectivity index (χ1v) is 10.6. The molecule has 32 heavy (non-hydrogen) atoms. The Morgan fingerprint density at radius 2 is 1.72 bits per heavy atom. The number of nitriles is 1. The van der Waals surface area contributed by atoms with Crippen molar-refractivity contribution in [2.75, 3.05) is 0 Å². The molecule has 0 N–H and O–H groups in total. The Labute approximate surface area is 186 Å². The number of rotatable bonds is 4. The van der Waals surface area contributed by atoms with E-state index in [9.17, 15) is 24.0 Å². The fourth-order valence-corrected chi connectivity index (χ4v) is 4.83. The van der Waals surface area contributed by atoms with Crippen molar-refractivity contribution >= 4 is 17.7 Å². The average Bonchev–Trinajstić information content (AvgIpc) is 3.34. The zero-order chi connectivity index (χ0) is 23.2. The number of imide groups is 1.